The van der Waals surface area contributed by atoms with Gasteiger partial charge in [-0.2, -0.15) is 0 Å². The summed E-state index contributed by atoms with van der Waals surface area (Å²) in [5.41, 5.74) is 8.10. The third-order valence-corrected chi connectivity index (χ3v) is 3.23. The molecule has 1 aromatic carbocycles. The van der Waals surface area contributed by atoms with Gasteiger partial charge in [-0.1, -0.05) is 16.7 Å². The topological polar surface area (TPSA) is 48.8 Å². The molecule has 0 N–H and O–H groups in total. The van der Waals surface area contributed by atoms with Crippen LogP contribution in [0.3, 0.4) is 0 Å². The normalized spacial score (nSPS) is 11.1. The molecule has 0 amide bonds. The first-order chi connectivity index (χ1) is 7.36. The van der Waals surface area contributed by atoms with Crippen LogP contribution in [0.1, 0.15) is 11.1 Å². The Labute approximate surface area is 104 Å². The van der Waals surface area contributed by atoms with Crippen LogP contribution in [-0.4, -0.2) is 6.98 Å². The standard InChI is InChI=1S/C8H7BF3IN3/c1-5-7(9(10,11)12)2-6(3-8(5)13)4-15-16-14/h2-3H,4H2,1H3/q-1. The molecule has 0 spiro atoms. The van der Waals surface area contributed by atoms with Crippen molar-refractivity contribution in [2.75, 3.05) is 0 Å². The minimum Gasteiger partial charge on any atom is -0.445 e. The van der Waals surface area contributed by atoms with E-state index in [1.54, 1.807) is 6.07 Å². The lowest BCUT2D eigenvalue weighted by Crippen LogP contribution is -2.37. The largest absolute Gasteiger partial charge is 0.509 e. The van der Waals surface area contributed by atoms with Gasteiger partial charge in [0.2, 0.25) is 0 Å². The van der Waals surface area contributed by atoms with Gasteiger partial charge in [-0.15, -0.1) is 5.46 Å². The molecule has 0 fully saturated rings. The monoisotopic (exact) mass is 340 g/mol. The van der Waals surface area contributed by atoms with Crippen molar-refractivity contribution < 1.29 is 12.9 Å². The lowest BCUT2D eigenvalue weighted by atomic mass is 9.76. The number of halogens is 4. The van der Waals surface area contributed by atoms with E-state index in [4.69, 9.17) is 5.53 Å². The second kappa shape index (κ2) is 4.96. The van der Waals surface area contributed by atoms with Crippen molar-refractivity contribution in [1.29, 1.82) is 0 Å². The molecular weight excluding hydrogens is 333 g/mol. The fourth-order valence-electron chi connectivity index (χ4n) is 1.30. The molecule has 0 bridgehead atoms. The van der Waals surface area contributed by atoms with E-state index < -0.39 is 12.4 Å². The van der Waals surface area contributed by atoms with E-state index in [1.165, 1.54) is 6.92 Å². The van der Waals surface area contributed by atoms with Crippen molar-refractivity contribution in [3.05, 3.63) is 37.3 Å². The molecule has 8 heteroatoms. The molecule has 0 radical (unpaired) electrons. The number of rotatable bonds is 3. The molecule has 0 saturated carbocycles. The van der Waals surface area contributed by atoms with Gasteiger partial charge in [0.05, 0.1) is 6.54 Å². The molecule has 0 atom stereocenters. The molecule has 3 nitrogen and oxygen atoms in total. The summed E-state index contributed by atoms with van der Waals surface area (Å²) in [6.07, 6.45) is 0. The van der Waals surface area contributed by atoms with Crippen LogP contribution in [0, 0.1) is 10.5 Å². The fourth-order valence-corrected chi connectivity index (χ4v) is 2.01. The molecule has 0 aromatic heterocycles. The predicted octanol–water partition coefficient (Wildman–Crippen LogP) is 3.46. The van der Waals surface area contributed by atoms with Gasteiger partial charge in [0.15, 0.2) is 0 Å². The lowest BCUT2D eigenvalue weighted by molar-refractivity contribution is 0.500. The van der Waals surface area contributed by atoms with E-state index in [2.05, 4.69) is 10.0 Å². The molecule has 0 heterocycles. The molecular formula is C8H7BF3IN3-. The van der Waals surface area contributed by atoms with Crippen molar-refractivity contribution in [3.8, 4) is 0 Å². The van der Waals surface area contributed by atoms with Gasteiger partial charge in [-0.3, -0.25) is 0 Å². The number of benzene rings is 1. The van der Waals surface area contributed by atoms with Gasteiger partial charge in [0.25, 0.3) is 0 Å². The number of hydrogen-bond donors (Lipinski definition) is 0. The average Bonchev–Trinajstić information content (AvgIpc) is 2.17. The first-order valence-corrected chi connectivity index (χ1v) is 5.44. The summed E-state index contributed by atoms with van der Waals surface area (Å²) in [6.45, 7) is -3.66. The minimum absolute atomic E-state index is 0.0636. The summed E-state index contributed by atoms with van der Waals surface area (Å²) in [5.74, 6) is 0. The van der Waals surface area contributed by atoms with Crippen LogP contribution in [0.4, 0.5) is 12.9 Å². The fraction of sp³-hybridized carbons (Fsp3) is 0.250. The molecule has 1 rings (SSSR count). The Morgan fingerprint density at radius 3 is 2.56 bits per heavy atom. The molecule has 0 aliphatic carbocycles. The van der Waals surface area contributed by atoms with E-state index in [-0.39, 0.29) is 12.1 Å². The number of azide groups is 1. The minimum atomic E-state index is -5.03. The van der Waals surface area contributed by atoms with Crippen molar-refractivity contribution >= 4 is 35.0 Å². The molecule has 0 saturated heterocycles. The van der Waals surface area contributed by atoms with Gasteiger partial charge >= 0.3 is 6.98 Å². The third kappa shape index (κ3) is 3.05. The molecule has 16 heavy (non-hydrogen) atoms. The Kier molecular flexibility index (Phi) is 4.09. The summed E-state index contributed by atoms with van der Waals surface area (Å²) >= 11 is 1.84. The van der Waals surface area contributed by atoms with Crippen molar-refractivity contribution in [2.24, 2.45) is 5.11 Å². The van der Waals surface area contributed by atoms with Crippen molar-refractivity contribution in [3.63, 3.8) is 0 Å². The van der Waals surface area contributed by atoms with E-state index in [1.807, 2.05) is 22.6 Å². The van der Waals surface area contributed by atoms with Crippen LogP contribution >= 0.6 is 22.6 Å². The quantitative estimate of drug-likeness (QED) is 0.266. The zero-order chi connectivity index (χ0) is 12.3. The zero-order valence-electron chi connectivity index (χ0n) is 8.29. The van der Waals surface area contributed by atoms with Crippen LogP contribution < -0.4 is 5.46 Å². The highest BCUT2D eigenvalue weighted by Gasteiger charge is 2.28. The van der Waals surface area contributed by atoms with Gasteiger partial charge in [-0.05, 0) is 46.7 Å². The number of hydrogen-bond acceptors (Lipinski definition) is 1. The summed E-state index contributed by atoms with van der Waals surface area (Å²) < 4.78 is 38.6. The Morgan fingerprint density at radius 2 is 2.06 bits per heavy atom. The predicted molar refractivity (Wildman–Crippen MR) is 65.5 cm³/mol. The molecule has 0 unspecified atom stereocenters. The van der Waals surface area contributed by atoms with Gasteiger partial charge < -0.3 is 12.9 Å². The number of nitrogens with zero attached hydrogens (tertiary/aromatic N) is 3. The Bertz CT molecular complexity index is 455. The first kappa shape index (κ1) is 13.2. The van der Waals surface area contributed by atoms with Gasteiger partial charge in [0, 0.05) is 8.48 Å². The highest BCUT2D eigenvalue weighted by atomic mass is 127. The highest BCUT2D eigenvalue weighted by molar-refractivity contribution is 14.1. The SMILES string of the molecule is Cc1c(I)cc(CN=[N+]=[N-])cc1[B-](F)(F)F. The molecule has 0 aliphatic heterocycles. The smallest absolute Gasteiger partial charge is 0.445 e. The van der Waals surface area contributed by atoms with Crippen LogP contribution in [0.25, 0.3) is 10.4 Å². The van der Waals surface area contributed by atoms with Crippen molar-refractivity contribution in [2.45, 2.75) is 13.5 Å². The van der Waals surface area contributed by atoms with Crippen molar-refractivity contribution in [1.82, 2.24) is 0 Å². The summed E-state index contributed by atoms with van der Waals surface area (Å²) in [6, 6.07) is 2.64. The van der Waals surface area contributed by atoms with Crippen LogP contribution in [-0.2, 0) is 6.54 Å². The maximum absolute atomic E-state index is 12.7. The average molecular weight is 340 g/mol. The molecule has 86 valence electrons. The van der Waals surface area contributed by atoms with Crippen LogP contribution in [0.5, 0.6) is 0 Å². The highest BCUT2D eigenvalue weighted by Crippen LogP contribution is 2.19. The molecule has 1 aromatic rings. The van der Waals surface area contributed by atoms with E-state index in [9.17, 15) is 12.9 Å². The van der Waals surface area contributed by atoms with Gasteiger partial charge in [-0.25, -0.2) is 0 Å². The van der Waals surface area contributed by atoms with Crippen LogP contribution in [0.15, 0.2) is 17.2 Å². The lowest BCUT2D eigenvalue weighted by Gasteiger charge is -2.20. The summed E-state index contributed by atoms with van der Waals surface area (Å²) in [5, 5.41) is 3.25. The van der Waals surface area contributed by atoms with Crippen LogP contribution in [0.2, 0.25) is 0 Å². The summed E-state index contributed by atoms with van der Waals surface area (Å²) in [7, 11) is 0. The maximum atomic E-state index is 12.7. The Morgan fingerprint density at radius 1 is 1.44 bits per heavy atom. The van der Waals surface area contributed by atoms with E-state index >= 15 is 0 Å². The van der Waals surface area contributed by atoms with E-state index in [0.717, 1.165) is 6.07 Å². The maximum Gasteiger partial charge on any atom is 0.509 e. The summed E-state index contributed by atoms with van der Waals surface area (Å²) in [4.78, 5) is 2.52. The second-order valence-corrected chi connectivity index (χ2v) is 4.42. The second-order valence-electron chi connectivity index (χ2n) is 3.26. The zero-order valence-corrected chi connectivity index (χ0v) is 10.5. The molecule has 0 aliphatic rings. The third-order valence-electron chi connectivity index (χ3n) is 2.11. The van der Waals surface area contributed by atoms with Gasteiger partial charge in [0.1, 0.15) is 0 Å². The Balaban J connectivity index is 3.27. The Hall–Kier alpha value is -0.885. The van der Waals surface area contributed by atoms with E-state index in [0.29, 0.717) is 9.13 Å². The first-order valence-electron chi connectivity index (χ1n) is 4.36.